The standard InChI is InChI=1S/C33H40N6O3S/c1-6-36-26-14-13-25(22(3)31(26)34)30(33(4,5)38-32(40)27-18-35-20-37-27)23-12-11-21(2)24(17-23)19-39-15-16-42-28-9-7-8-10-29(28)43(39)41/h7-14,17-18,20,30,36H,6,15-16,19,34H2,1-5H3,(H,35,37)(H,38,40). The lowest BCUT2D eigenvalue weighted by molar-refractivity contribution is 0.0901. The Morgan fingerprint density at radius 3 is 2.72 bits per heavy atom. The molecule has 1 aromatic heterocycles. The monoisotopic (exact) mass is 600 g/mol. The summed E-state index contributed by atoms with van der Waals surface area (Å²) in [4.78, 5) is 20.9. The van der Waals surface area contributed by atoms with Gasteiger partial charge >= 0.3 is 0 Å². The molecule has 3 aromatic carbocycles. The molecule has 0 fully saturated rings. The van der Waals surface area contributed by atoms with Crippen molar-refractivity contribution < 1.29 is 13.7 Å². The van der Waals surface area contributed by atoms with Crippen molar-refractivity contribution in [2.24, 2.45) is 0 Å². The SMILES string of the molecule is CCNc1ccc(C(c2ccc(C)c(CN3CCOc4ccccc4S3=O)c2)C(C)(C)NC(=O)c2cnc[nH]2)c(C)c1N. The average Bonchev–Trinajstić information content (AvgIpc) is 3.48. The summed E-state index contributed by atoms with van der Waals surface area (Å²) in [5.74, 6) is 0.168. The van der Waals surface area contributed by atoms with Crippen LogP contribution in [0.4, 0.5) is 11.4 Å². The molecule has 0 aliphatic carbocycles. The molecule has 2 heterocycles. The van der Waals surface area contributed by atoms with Gasteiger partial charge in [0.25, 0.3) is 5.91 Å². The van der Waals surface area contributed by atoms with Gasteiger partial charge in [0.05, 0.1) is 28.8 Å². The van der Waals surface area contributed by atoms with E-state index < -0.39 is 16.5 Å². The number of amides is 1. The van der Waals surface area contributed by atoms with Crippen molar-refractivity contribution in [3.05, 3.63) is 101 Å². The highest BCUT2D eigenvalue weighted by Gasteiger charge is 2.36. The number of aryl methyl sites for hydroxylation is 1. The number of benzene rings is 3. The number of rotatable bonds is 9. The zero-order valence-electron chi connectivity index (χ0n) is 25.4. The number of fused-ring (bicyclic) bond motifs is 1. The van der Waals surface area contributed by atoms with E-state index in [9.17, 15) is 9.00 Å². The van der Waals surface area contributed by atoms with Crippen LogP contribution in [0.15, 0.2) is 72.0 Å². The number of hydrogen-bond donors (Lipinski definition) is 4. The first-order chi connectivity index (χ1) is 20.6. The number of nitrogens with two attached hydrogens (primary N) is 1. The third kappa shape index (κ3) is 6.30. The molecule has 0 radical (unpaired) electrons. The Labute approximate surface area is 255 Å². The van der Waals surface area contributed by atoms with E-state index >= 15 is 0 Å². The third-order valence-corrected chi connectivity index (χ3v) is 9.55. The molecular weight excluding hydrogens is 560 g/mol. The quantitative estimate of drug-likeness (QED) is 0.193. The highest BCUT2D eigenvalue weighted by molar-refractivity contribution is 7.82. The van der Waals surface area contributed by atoms with Crippen LogP contribution in [0.25, 0.3) is 0 Å². The van der Waals surface area contributed by atoms with Gasteiger partial charge in [0.2, 0.25) is 0 Å². The van der Waals surface area contributed by atoms with Crippen LogP contribution in [-0.4, -0.2) is 49.6 Å². The van der Waals surface area contributed by atoms with Crippen LogP contribution in [0.3, 0.4) is 0 Å². The number of aromatic nitrogens is 2. The fourth-order valence-corrected chi connectivity index (χ4v) is 7.03. The molecule has 9 nitrogen and oxygen atoms in total. The zero-order valence-corrected chi connectivity index (χ0v) is 26.2. The minimum absolute atomic E-state index is 0.242. The van der Waals surface area contributed by atoms with Crippen LogP contribution >= 0.6 is 0 Å². The van der Waals surface area contributed by atoms with Crippen LogP contribution in [0.1, 0.15) is 65.0 Å². The van der Waals surface area contributed by atoms with Crippen LogP contribution < -0.4 is 21.1 Å². The molecule has 5 N–H and O–H groups in total. The summed E-state index contributed by atoms with van der Waals surface area (Å²) in [5.41, 5.74) is 13.0. The van der Waals surface area contributed by atoms with Gasteiger partial charge in [0, 0.05) is 31.1 Å². The predicted molar refractivity (Wildman–Crippen MR) is 172 cm³/mol. The van der Waals surface area contributed by atoms with Gasteiger partial charge in [0.15, 0.2) is 0 Å². The highest BCUT2D eigenvalue weighted by atomic mass is 32.2. The maximum Gasteiger partial charge on any atom is 0.269 e. The molecule has 10 heteroatoms. The molecule has 4 aromatic rings. The van der Waals surface area contributed by atoms with Crippen LogP contribution in [0.2, 0.25) is 0 Å². The lowest BCUT2D eigenvalue weighted by Crippen LogP contribution is -2.48. The van der Waals surface area contributed by atoms with Crippen molar-refractivity contribution in [1.29, 1.82) is 0 Å². The van der Waals surface area contributed by atoms with Gasteiger partial charge in [-0.25, -0.2) is 13.5 Å². The van der Waals surface area contributed by atoms with Crippen molar-refractivity contribution in [1.82, 2.24) is 19.6 Å². The van der Waals surface area contributed by atoms with Gasteiger partial charge in [0.1, 0.15) is 29.0 Å². The number of H-pyrrole nitrogens is 1. The van der Waals surface area contributed by atoms with E-state index in [1.807, 2.05) is 62.3 Å². The molecule has 0 spiro atoms. The van der Waals surface area contributed by atoms with E-state index in [0.29, 0.717) is 41.7 Å². The first-order valence-corrected chi connectivity index (χ1v) is 15.6. The zero-order chi connectivity index (χ0) is 30.7. The van der Waals surface area contributed by atoms with Gasteiger partial charge in [-0.15, -0.1) is 0 Å². The minimum atomic E-state index is -1.37. The molecule has 5 rings (SSSR count). The molecule has 2 unspecified atom stereocenters. The predicted octanol–water partition coefficient (Wildman–Crippen LogP) is 5.30. The average molecular weight is 601 g/mol. The molecule has 1 amide bonds. The normalized spacial score (nSPS) is 16.1. The number of para-hydroxylation sites is 1. The van der Waals surface area contributed by atoms with Crippen molar-refractivity contribution in [3.63, 3.8) is 0 Å². The summed E-state index contributed by atoms with van der Waals surface area (Å²) in [6, 6.07) is 18.0. The topological polar surface area (TPSA) is 125 Å². The second kappa shape index (κ2) is 12.6. The highest BCUT2D eigenvalue weighted by Crippen LogP contribution is 2.41. The van der Waals surface area contributed by atoms with Gasteiger partial charge < -0.3 is 26.1 Å². The Bertz CT molecular complexity index is 1640. The molecule has 2 atom stereocenters. The van der Waals surface area contributed by atoms with Gasteiger partial charge in [-0.2, -0.15) is 0 Å². The summed E-state index contributed by atoms with van der Waals surface area (Å²) in [5, 5.41) is 6.58. The van der Waals surface area contributed by atoms with Gasteiger partial charge in [-0.05, 0) is 80.6 Å². The summed E-state index contributed by atoms with van der Waals surface area (Å²) in [6.45, 7) is 12.4. The number of carbonyl (C=O) groups excluding carboxylic acids is 1. The van der Waals surface area contributed by atoms with Crippen molar-refractivity contribution in [2.45, 2.75) is 57.5 Å². The van der Waals surface area contributed by atoms with Gasteiger partial charge in [-0.1, -0.05) is 36.4 Å². The van der Waals surface area contributed by atoms with Crippen molar-refractivity contribution >= 4 is 28.3 Å². The third-order valence-electron chi connectivity index (χ3n) is 8.06. The smallest absolute Gasteiger partial charge is 0.269 e. The summed E-state index contributed by atoms with van der Waals surface area (Å²) in [6.07, 6.45) is 3.01. The summed E-state index contributed by atoms with van der Waals surface area (Å²) in [7, 11) is -1.37. The van der Waals surface area contributed by atoms with Crippen molar-refractivity contribution in [2.75, 3.05) is 30.7 Å². The van der Waals surface area contributed by atoms with E-state index in [4.69, 9.17) is 10.5 Å². The lowest BCUT2D eigenvalue weighted by Gasteiger charge is -2.37. The second-order valence-corrected chi connectivity index (χ2v) is 12.9. The first-order valence-electron chi connectivity index (χ1n) is 14.5. The Hall–Kier alpha value is -4.15. The lowest BCUT2D eigenvalue weighted by atomic mass is 9.74. The minimum Gasteiger partial charge on any atom is -0.491 e. The molecule has 0 saturated heterocycles. The number of nitrogens with one attached hydrogen (secondary N) is 3. The van der Waals surface area contributed by atoms with Crippen LogP contribution in [0, 0.1) is 13.8 Å². The number of anilines is 2. The summed E-state index contributed by atoms with van der Waals surface area (Å²) >= 11 is 0. The largest absolute Gasteiger partial charge is 0.491 e. The van der Waals surface area contributed by atoms with E-state index in [-0.39, 0.29) is 11.8 Å². The van der Waals surface area contributed by atoms with E-state index in [1.54, 1.807) is 0 Å². The number of nitrogen functional groups attached to an aromatic ring is 1. The Morgan fingerprint density at radius 2 is 1.98 bits per heavy atom. The van der Waals surface area contributed by atoms with Crippen molar-refractivity contribution in [3.8, 4) is 5.75 Å². The number of nitrogens with zero attached hydrogens (tertiary/aromatic N) is 2. The maximum absolute atomic E-state index is 13.6. The van der Waals surface area contributed by atoms with E-state index in [1.165, 1.54) is 12.5 Å². The Kier molecular flexibility index (Phi) is 8.89. The number of hydrogen-bond acceptors (Lipinski definition) is 6. The molecule has 1 aliphatic rings. The number of carbonyl (C=O) groups is 1. The molecule has 0 saturated carbocycles. The number of aromatic amines is 1. The fourth-order valence-electron chi connectivity index (χ4n) is 5.76. The van der Waals surface area contributed by atoms with Gasteiger partial charge in [-0.3, -0.25) is 4.79 Å². The second-order valence-electron chi connectivity index (χ2n) is 11.4. The van der Waals surface area contributed by atoms with E-state index in [0.717, 1.165) is 40.0 Å². The molecule has 1 aliphatic heterocycles. The fraction of sp³-hybridized carbons (Fsp3) is 0.333. The molecular formula is C33H40N6O3S. The van der Waals surface area contributed by atoms with Crippen LogP contribution in [0.5, 0.6) is 5.75 Å². The number of ether oxygens (including phenoxy) is 1. The van der Waals surface area contributed by atoms with E-state index in [2.05, 4.69) is 51.8 Å². The van der Waals surface area contributed by atoms with Crippen LogP contribution in [-0.2, 0) is 17.5 Å². The maximum atomic E-state index is 13.6. The molecule has 43 heavy (non-hydrogen) atoms. The first kappa shape index (κ1) is 30.3. The molecule has 226 valence electrons. The number of imidazole rings is 1. The Balaban J connectivity index is 1.56. The summed E-state index contributed by atoms with van der Waals surface area (Å²) < 4.78 is 21.5. The Morgan fingerprint density at radius 1 is 1.19 bits per heavy atom. The molecule has 0 bridgehead atoms.